The third-order valence-electron chi connectivity index (χ3n) is 4.81. The van der Waals surface area contributed by atoms with Gasteiger partial charge in [0.25, 0.3) is 0 Å². The highest BCUT2D eigenvalue weighted by Crippen LogP contribution is 2.26. The van der Waals surface area contributed by atoms with Crippen LogP contribution in [0, 0.1) is 12.7 Å². The van der Waals surface area contributed by atoms with E-state index in [-0.39, 0.29) is 35.9 Å². The number of guanidine groups is 1. The smallest absolute Gasteiger partial charge is 0.191 e. The summed E-state index contributed by atoms with van der Waals surface area (Å²) < 4.78 is 30.5. The molecule has 8 heteroatoms. The van der Waals surface area contributed by atoms with E-state index in [1.54, 1.807) is 6.07 Å². The van der Waals surface area contributed by atoms with E-state index < -0.39 is 0 Å². The van der Waals surface area contributed by atoms with Gasteiger partial charge >= 0.3 is 0 Å². The fraction of sp³-hybridized carbons (Fsp3) is 0.571. The average molecular weight is 519 g/mol. The van der Waals surface area contributed by atoms with Gasteiger partial charge in [-0.1, -0.05) is 0 Å². The molecular formula is C21H31FIN3O3. The van der Waals surface area contributed by atoms with Crippen molar-refractivity contribution in [2.75, 3.05) is 32.9 Å². The van der Waals surface area contributed by atoms with Gasteiger partial charge in [-0.05, 0) is 51.3 Å². The Morgan fingerprint density at radius 3 is 2.97 bits per heavy atom. The molecule has 1 aliphatic rings. The summed E-state index contributed by atoms with van der Waals surface area (Å²) >= 11 is 0. The van der Waals surface area contributed by atoms with Gasteiger partial charge in [-0.3, -0.25) is 0 Å². The molecule has 1 aromatic carbocycles. The first-order chi connectivity index (χ1) is 13.7. The van der Waals surface area contributed by atoms with E-state index in [0.29, 0.717) is 25.3 Å². The van der Waals surface area contributed by atoms with Crippen molar-refractivity contribution >= 4 is 40.9 Å². The molecule has 2 heterocycles. The Hall–Kier alpha value is -1.39. The van der Waals surface area contributed by atoms with Crippen LogP contribution in [0.15, 0.2) is 27.6 Å². The van der Waals surface area contributed by atoms with Crippen molar-refractivity contribution in [1.82, 2.24) is 10.6 Å². The van der Waals surface area contributed by atoms with E-state index in [9.17, 15) is 4.39 Å². The van der Waals surface area contributed by atoms with Gasteiger partial charge in [0, 0.05) is 37.3 Å². The minimum atomic E-state index is -0.261. The van der Waals surface area contributed by atoms with Gasteiger partial charge < -0.3 is 24.5 Å². The second kappa shape index (κ2) is 12.3. The van der Waals surface area contributed by atoms with Crippen molar-refractivity contribution in [3.63, 3.8) is 0 Å². The lowest BCUT2D eigenvalue weighted by atomic mass is 10.1. The summed E-state index contributed by atoms with van der Waals surface area (Å²) in [5, 5.41) is 7.33. The first-order valence-corrected chi connectivity index (χ1v) is 10.1. The van der Waals surface area contributed by atoms with Gasteiger partial charge in [0.2, 0.25) is 0 Å². The van der Waals surface area contributed by atoms with E-state index in [4.69, 9.17) is 13.9 Å². The summed E-state index contributed by atoms with van der Waals surface area (Å²) in [4.78, 5) is 4.59. The second-order valence-corrected chi connectivity index (χ2v) is 6.98. The topological polar surface area (TPSA) is 68.0 Å². The molecule has 1 aromatic heterocycles. The zero-order valence-corrected chi connectivity index (χ0v) is 19.5. The molecule has 3 rings (SSSR count). The maximum Gasteiger partial charge on any atom is 0.191 e. The zero-order valence-electron chi connectivity index (χ0n) is 17.1. The maximum atomic E-state index is 13.4. The molecule has 1 unspecified atom stereocenters. The molecule has 1 fully saturated rings. The average Bonchev–Trinajstić information content (AvgIpc) is 3.31. The third kappa shape index (κ3) is 7.11. The van der Waals surface area contributed by atoms with Crippen LogP contribution in [0.25, 0.3) is 11.0 Å². The summed E-state index contributed by atoms with van der Waals surface area (Å²) in [6.07, 6.45) is 3.40. The Bertz CT molecular complexity index is 791. The number of aryl methyl sites for hydroxylation is 1. The summed E-state index contributed by atoms with van der Waals surface area (Å²) in [6.45, 7) is 8.12. The molecule has 2 N–H and O–H groups in total. The van der Waals surface area contributed by atoms with Crippen LogP contribution in [-0.4, -0.2) is 45.0 Å². The van der Waals surface area contributed by atoms with Crippen LogP contribution in [0.5, 0.6) is 0 Å². The number of fused-ring (bicyclic) bond motifs is 1. The van der Waals surface area contributed by atoms with Gasteiger partial charge in [-0.15, -0.1) is 24.0 Å². The number of nitrogens with one attached hydrogen (secondary N) is 2. The van der Waals surface area contributed by atoms with Crippen LogP contribution >= 0.6 is 24.0 Å². The first-order valence-electron chi connectivity index (χ1n) is 10.1. The monoisotopic (exact) mass is 519 g/mol. The number of hydrogen-bond acceptors (Lipinski definition) is 4. The number of nitrogens with zero attached hydrogens (tertiary/aromatic N) is 1. The minimum Gasteiger partial charge on any atom is -0.459 e. The standard InChI is InChI=1S/C21H30FN3O3.HI/c1-3-23-21(24-9-5-10-26-14-17-6-4-11-27-17)25-13-20-15(2)18-12-16(22)7-8-19(18)28-20;/h7-8,12,17H,3-6,9-11,13-14H2,1-2H3,(H2,23,24,25);1H. The van der Waals surface area contributed by atoms with Gasteiger partial charge in [0.1, 0.15) is 23.7 Å². The van der Waals surface area contributed by atoms with Crippen LogP contribution < -0.4 is 10.6 Å². The fourth-order valence-corrected chi connectivity index (χ4v) is 3.26. The van der Waals surface area contributed by atoms with Crippen molar-refractivity contribution in [2.24, 2.45) is 4.99 Å². The number of hydrogen-bond donors (Lipinski definition) is 2. The summed E-state index contributed by atoms with van der Waals surface area (Å²) in [5.41, 5.74) is 1.61. The molecule has 0 bridgehead atoms. The predicted molar refractivity (Wildman–Crippen MR) is 124 cm³/mol. The number of benzene rings is 1. The molecule has 0 amide bonds. The molecule has 29 heavy (non-hydrogen) atoms. The van der Waals surface area contributed by atoms with Crippen molar-refractivity contribution in [3.8, 4) is 0 Å². The van der Waals surface area contributed by atoms with Gasteiger partial charge in [-0.2, -0.15) is 0 Å². The van der Waals surface area contributed by atoms with Gasteiger partial charge in [-0.25, -0.2) is 9.38 Å². The molecule has 1 saturated heterocycles. The van der Waals surface area contributed by atoms with E-state index in [1.165, 1.54) is 12.1 Å². The van der Waals surface area contributed by atoms with Crippen LogP contribution in [0.4, 0.5) is 4.39 Å². The van der Waals surface area contributed by atoms with Crippen LogP contribution in [0.2, 0.25) is 0 Å². The Balaban J connectivity index is 0.00000300. The number of ether oxygens (including phenoxy) is 2. The maximum absolute atomic E-state index is 13.4. The molecule has 0 aliphatic carbocycles. The predicted octanol–water partition coefficient (Wildman–Crippen LogP) is 4.14. The lowest BCUT2D eigenvalue weighted by Crippen LogP contribution is -2.38. The lowest BCUT2D eigenvalue weighted by molar-refractivity contribution is 0.0168. The SMILES string of the molecule is CCNC(=NCc1oc2ccc(F)cc2c1C)NCCCOCC1CCCO1.I. The normalized spacial score (nSPS) is 16.8. The summed E-state index contributed by atoms with van der Waals surface area (Å²) in [6, 6.07) is 4.57. The van der Waals surface area contributed by atoms with Crippen molar-refractivity contribution in [3.05, 3.63) is 35.3 Å². The minimum absolute atomic E-state index is 0. The van der Waals surface area contributed by atoms with E-state index in [1.807, 2.05) is 13.8 Å². The highest BCUT2D eigenvalue weighted by atomic mass is 127. The van der Waals surface area contributed by atoms with E-state index in [2.05, 4.69) is 15.6 Å². The Labute approximate surface area is 188 Å². The molecule has 0 radical (unpaired) electrons. The van der Waals surface area contributed by atoms with Crippen LogP contribution in [-0.2, 0) is 16.0 Å². The summed E-state index contributed by atoms with van der Waals surface area (Å²) in [5.74, 6) is 1.22. The van der Waals surface area contributed by atoms with E-state index >= 15 is 0 Å². The van der Waals surface area contributed by atoms with Crippen molar-refractivity contribution in [1.29, 1.82) is 0 Å². The Kier molecular flexibility index (Phi) is 10.2. The quantitative estimate of drug-likeness (QED) is 0.226. The molecule has 0 spiro atoms. The molecule has 6 nitrogen and oxygen atoms in total. The molecule has 1 atom stereocenters. The van der Waals surface area contributed by atoms with Crippen LogP contribution in [0.1, 0.15) is 37.5 Å². The number of aliphatic imine (C=N–C) groups is 1. The molecule has 2 aromatic rings. The third-order valence-corrected chi connectivity index (χ3v) is 4.81. The first kappa shape index (κ1) is 23.9. The number of furan rings is 1. The largest absolute Gasteiger partial charge is 0.459 e. The van der Waals surface area contributed by atoms with Gasteiger partial charge in [0.15, 0.2) is 5.96 Å². The molecule has 0 saturated carbocycles. The zero-order chi connectivity index (χ0) is 19.8. The molecular weight excluding hydrogens is 488 g/mol. The highest BCUT2D eigenvalue weighted by molar-refractivity contribution is 14.0. The van der Waals surface area contributed by atoms with E-state index in [0.717, 1.165) is 61.6 Å². The molecule has 162 valence electrons. The number of rotatable bonds is 9. The summed E-state index contributed by atoms with van der Waals surface area (Å²) in [7, 11) is 0. The van der Waals surface area contributed by atoms with Gasteiger partial charge in [0.05, 0.1) is 12.7 Å². The highest BCUT2D eigenvalue weighted by Gasteiger charge is 2.15. The van der Waals surface area contributed by atoms with Crippen LogP contribution in [0.3, 0.4) is 0 Å². The Morgan fingerprint density at radius 2 is 2.21 bits per heavy atom. The van der Waals surface area contributed by atoms with Crippen molar-refractivity contribution in [2.45, 2.75) is 45.8 Å². The fourth-order valence-electron chi connectivity index (χ4n) is 3.26. The molecule has 1 aliphatic heterocycles. The number of halogens is 2. The Morgan fingerprint density at radius 1 is 1.34 bits per heavy atom. The second-order valence-electron chi connectivity index (χ2n) is 6.98. The van der Waals surface area contributed by atoms with Crippen molar-refractivity contribution < 1.29 is 18.3 Å². The lowest BCUT2D eigenvalue weighted by Gasteiger charge is -2.12.